The first kappa shape index (κ1) is 22.0. The fourth-order valence-electron chi connectivity index (χ4n) is 3.98. The molecule has 1 aliphatic rings. The predicted molar refractivity (Wildman–Crippen MR) is 119 cm³/mol. The van der Waals surface area contributed by atoms with Crippen molar-refractivity contribution in [3.05, 3.63) is 71.8 Å². The number of carbonyl (C=O) groups is 2. The summed E-state index contributed by atoms with van der Waals surface area (Å²) in [7, 11) is 0. The molecule has 0 aliphatic heterocycles. The van der Waals surface area contributed by atoms with Gasteiger partial charge in [-0.1, -0.05) is 73.5 Å². The first-order valence-corrected chi connectivity index (χ1v) is 10.7. The van der Waals surface area contributed by atoms with Crippen LogP contribution in [0.2, 0.25) is 0 Å². The summed E-state index contributed by atoms with van der Waals surface area (Å²) in [6, 6.07) is 18.0. The minimum atomic E-state index is -0.619. The minimum Gasteiger partial charge on any atom is -0.350 e. The lowest BCUT2D eigenvalue weighted by Gasteiger charge is -2.34. The number of rotatable bonds is 8. The van der Waals surface area contributed by atoms with Gasteiger partial charge in [0.2, 0.25) is 11.8 Å². The van der Waals surface area contributed by atoms with E-state index in [4.69, 9.17) is 11.5 Å². The summed E-state index contributed by atoms with van der Waals surface area (Å²) in [5, 5.41) is 6.13. The normalized spacial score (nSPS) is 20.7. The Balaban J connectivity index is 1.53. The topological polar surface area (TPSA) is 110 Å². The second-order valence-corrected chi connectivity index (χ2v) is 8.11. The smallest absolute Gasteiger partial charge is 0.237 e. The number of hydrogen-bond donors (Lipinski definition) is 4. The molecule has 2 aromatic rings. The summed E-state index contributed by atoms with van der Waals surface area (Å²) in [6.07, 6.45) is 4.64. The molecule has 0 aromatic heterocycles. The Morgan fingerprint density at radius 3 is 1.47 bits per heavy atom. The van der Waals surface area contributed by atoms with Gasteiger partial charge in [0.1, 0.15) is 0 Å². The molecule has 0 heterocycles. The van der Waals surface area contributed by atoms with Gasteiger partial charge in [-0.2, -0.15) is 0 Å². The van der Waals surface area contributed by atoms with Crippen LogP contribution in [-0.2, 0) is 22.4 Å². The monoisotopic (exact) mass is 408 g/mol. The van der Waals surface area contributed by atoms with E-state index in [1.807, 2.05) is 60.7 Å². The van der Waals surface area contributed by atoms with Gasteiger partial charge < -0.3 is 22.1 Å². The molecular weight excluding hydrogens is 376 g/mol. The lowest BCUT2D eigenvalue weighted by molar-refractivity contribution is -0.126. The number of hydrogen-bond acceptors (Lipinski definition) is 4. The molecule has 6 nitrogen and oxygen atoms in total. The van der Waals surface area contributed by atoms with Gasteiger partial charge in [-0.3, -0.25) is 9.59 Å². The van der Waals surface area contributed by atoms with Crippen molar-refractivity contribution in [1.29, 1.82) is 0 Å². The molecule has 2 amide bonds. The van der Waals surface area contributed by atoms with Crippen LogP contribution >= 0.6 is 0 Å². The molecule has 6 N–H and O–H groups in total. The third-order valence-corrected chi connectivity index (χ3v) is 5.69. The second kappa shape index (κ2) is 10.9. The van der Waals surface area contributed by atoms with Crippen LogP contribution in [0.4, 0.5) is 0 Å². The molecule has 160 valence electrons. The maximum atomic E-state index is 12.6. The zero-order valence-corrected chi connectivity index (χ0v) is 17.3. The van der Waals surface area contributed by atoms with Crippen molar-refractivity contribution < 1.29 is 9.59 Å². The van der Waals surface area contributed by atoms with E-state index in [2.05, 4.69) is 10.6 Å². The van der Waals surface area contributed by atoms with Crippen LogP contribution in [0.3, 0.4) is 0 Å². The number of amides is 2. The third-order valence-electron chi connectivity index (χ3n) is 5.69. The van der Waals surface area contributed by atoms with Crippen molar-refractivity contribution in [1.82, 2.24) is 10.6 Å². The van der Waals surface area contributed by atoms with Crippen LogP contribution in [0.25, 0.3) is 0 Å². The van der Waals surface area contributed by atoms with Crippen LogP contribution in [0, 0.1) is 0 Å². The first-order valence-electron chi connectivity index (χ1n) is 10.7. The van der Waals surface area contributed by atoms with Crippen LogP contribution < -0.4 is 22.1 Å². The van der Waals surface area contributed by atoms with E-state index in [0.717, 1.165) is 36.8 Å². The van der Waals surface area contributed by atoms with Gasteiger partial charge >= 0.3 is 0 Å². The van der Waals surface area contributed by atoms with Crippen molar-refractivity contribution in [3.8, 4) is 0 Å². The fourth-order valence-corrected chi connectivity index (χ4v) is 3.98. The van der Waals surface area contributed by atoms with E-state index in [0.29, 0.717) is 12.8 Å². The summed E-state index contributed by atoms with van der Waals surface area (Å²) >= 11 is 0. The van der Waals surface area contributed by atoms with Crippen LogP contribution in [0.1, 0.15) is 36.8 Å². The average Bonchev–Trinajstić information content (AvgIpc) is 2.76. The third kappa shape index (κ3) is 6.40. The lowest BCUT2D eigenvalue weighted by Crippen LogP contribution is -2.58. The largest absolute Gasteiger partial charge is 0.350 e. The molecule has 2 aromatic carbocycles. The predicted octanol–water partition coefficient (Wildman–Crippen LogP) is 1.67. The zero-order valence-electron chi connectivity index (χ0n) is 17.3. The van der Waals surface area contributed by atoms with Gasteiger partial charge in [0, 0.05) is 12.1 Å². The summed E-state index contributed by atoms with van der Waals surface area (Å²) < 4.78 is 0. The van der Waals surface area contributed by atoms with Crippen molar-refractivity contribution in [2.24, 2.45) is 11.5 Å². The Hall–Kier alpha value is -2.70. The lowest BCUT2D eigenvalue weighted by atomic mass is 9.89. The Morgan fingerprint density at radius 2 is 1.10 bits per heavy atom. The fraction of sp³-hybridized carbons (Fsp3) is 0.417. The maximum absolute atomic E-state index is 12.6. The Kier molecular flexibility index (Phi) is 7.99. The molecule has 4 atom stereocenters. The van der Waals surface area contributed by atoms with Crippen molar-refractivity contribution >= 4 is 11.8 Å². The van der Waals surface area contributed by atoms with Crippen molar-refractivity contribution in [3.63, 3.8) is 0 Å². The molecule has 0 bridgehead atoms. The average molecular weight is 409 g/mol. The maximum Gasteiger partial charge on any atom is 0.237 e. The zero-order chi connectivity index (χ0) is 21.3. The SMILES string of the molecule is N[C@@H](Cc1ccccc1)C(=O)N[C@@H]1CCCC[C@H]1NC(=O)[C@@H](N)Cc1ccccc1. The Labute approximate surface area is 178 Å². The van der Waals surface area contributed by atoms with Gasteiger partial charge in [-0.15, -0.1) is 0 Å². The number of nitrogens with two attached hydrogens (primary N) is 2. The molecule has 0 saturated heterocycles. The van der Waals surface area contributed by atoms with E-state index in [1.165, 1.54) is 0 Å². The Bertz CT molecular complexity index is 743. The van der Waals surface area contributed by atoms with E-state index in [1.54, 1.807) is 0 Å². The highest BCUT2D eigenvalue weighted by Crippen LogP contribution is 2.19. The van der Waals surface area contributed by atoms with E-state index in [-0.39, 0.29) is 23.9 Å². The van der Waals surface area contributed by atoms with Gasteiger partial charge in [-0.05, 0) is 36.8 Å². The quantitative estimate of drug-likeness (QED) is 0.532. The molecule has 1 aliphatic carbocycles. The highest BCUT2D eigenvalue weighted by molar-refractivity contribution is 5.83. The Morgan fingerprint density at radius 1 is 0.733 bits per heavy atom. The molecule has 30 heavy (non-hydrogen) atoms. The summed E-state index contributed by atoms with van der Waals surface area (Å²) in [5.74, 6) is -0.364. The van der Waals surface area contributed by atoms with Gasteiger partial charge in [0.15, 0.2) is 0 Å². The summed E-state index contributed by atoms with van der Waals surface area (Å²) in [5.41, 5.74) is 14.3. The number of carbonyl (C=O) groups excluding carboxylic acids is 2. The molecule has 1 fully saturated rings. The molecule has 3 rings (SSSR count). The molecule has 0 spiro atoms. The number of benzene rings is 2. The highest BCUT2D eigenvalue weighted by Gasteiger charge is 2.30. The van der Waals surface area contributed by atoms with E-state index in [9.17, 15) is 9.59 Å². The van der Waals surface area contributed by atoms with Crippen LogP contribution in [-0.4, -0.2) is 36.0 Å². The molecule has 0 unspecified atom stereocenters. The molecule has 6 heteroatoms. The first-order chi connectivity index (χ1) is 14.5. The number of nitrogens with one attached hydrogen (secondary N) is 2. The van der Waals surface area contributed by atoms with Crippen molar-refractivity contribution in [2.45, 2.75) is 62.7 Å². The molecular formula is C24H32N4O2. The van der Waals surface area contributed by atoms with Crippen LogP contribution in [0.15, 0.2) is 60.7 Å². The van der Waals surface area contributed by atoms with E-state index >= 15 is 0 Å². The second-order valence-electron chi connectivity index (χ2n) is 8.11. The highest BCUT2D eigenvalue weighted by atomic mass is 16.2. The van der Waals surface area contributed by atoms with Gasteiger partial charge in [0.25, 0.3) is 0 Å². The summed E-state index contributed by atoms with van der Waals surface area (Å²) in [6.45, 7) is 0. The minimum absolute atomic E-state index is 0.124. The van der Waals surface area contributed by atoms with E-state index < -0.39 is 12.1 Å². The standard InChI is InChI=1S/C24H32N4O2/c25-19(15-17-9-3-1-4-10-17)23(29)27-21-13-7-8-14-22(21)28-24(30)20(26)16-18-11-5-2-6-12-18/h1-6,9-12,19-22H,7-8,13-16,25-26H2,(H,27,29)(H,28,30)/t19-,20-,21+,22+/m0/s1. The molecule has 1 saturated carbocycles. The van der Waals surface area contributed by atoms with Gasteiger partial charge in [-0.25, -0.2) is 0 Å². The van der Waals surface area contributed by atoms with Gasteiger partial charge in [0.05, 0.1) is 12.1 Å². The molecule has 0 radical (unpaired) electrons. The summed E-state index contributed by atoms with van der Waals surface area (Å²) in [4.78, 5) is 25.3. The van der Waals surface area contributed by atoms with Crippen molar-refractivity contribution in [2.75, 3.05) is 0 Å². The van der Waals surface area contributed by atoms with Crippen LogP contribution in [0.5, 0.6) is 0 Å².